The predicted molar refractivity (Wildman–Crippen MR) is 75.7 cm³/mol. The average molecular weight is 267 g/mol. The van der Waals surface area contributed by atoms with Crippen molar-refractivity contribution in [2.75, 3.05) is 0 Å². The lowest BCUT2D eigenvalue weighted by molar-refractivity contribution is 0.0969. The molecule has 0 N–H and O–H groups in total. The predicted octanol–water partition coefficient (Wildman–Crippen LogP) is 1.62. The molecule has 1 aromatic carbocycles. The van der Waals surface area contributed by atoms with Crippen LogP contribution in [0, 0.1) is 0 Å². The summed E-state index contributed by atoms with van der Waals surface area (Å²) in [5, 5.41) is 4.63. The van der Waals surface area contributed by atoms with E-state index >= 15 is 0 Å². The second-order valence-electron chi connectivity index (χ2n) is 4.67. The van der Waals surface area contributed by atoms with E-state index in [0.29, 0.717) is 16.5 Å². The van der Waals surface area contributed by atoms with Crippen LogP contribution in [-0.4, -0.2) is 20.1 Å². The highest BCUT2D eigenvalue weighted by Crippen LogP contribution is 2.09. The first-order valence-corrected chi connectivity index (χ1v) is 6.25. The summed E-state index contributed by atoms with van der Waals surface area (Å²) in [4.78, 5) is 23.9. The van der Waals surface area contributed by atoms with Crippen LogP contribution in [0.2, 0.25) is 0 Å². The van der Waals surface area contributed by atoms with E-state index in [9.17, 15) is 9.59 Å². The highest BCUT2D eigenvalue weighted by Gasteiger charge is 2.10. The highest BCUT2D eigenvalue weighted by atomic mass is 16.1. The third kappa shape index (κ3) is 2.14. The van der Waals surface area contributed by atoms with Gasteiger partial charge in [0, 0.05) is 30.4 Å². The Balaban J connectivity index is 2.01. The van der Waals surface area contributed by atoms with E-state index in [1.165, 1.54) is 6.20 Å². The molecule has 0 saturated carbocycles. The van der Waals surface area contributed by atoms with E-state index in [1.807, 2.05) is 23.9 Å². The second kappa shape index (κ2) is 4.77. The van der Waals surface area contributed by atoms with Crippen molar-refractivity contribution in [3.63, 3.8) is 0 Å². The van der Waals surface area contributed by atoms with Gasteiger partial charge in [-0.2, -0.15) is 5.10 Å². The summed E-state index contributed by atoms with van der Waals surface area (Å²) >= 11 is 0. The fourth-order valence-electron chi connectivity index (χ4n) is 2.18. The first-order valence-electron chi connectivity index (χ1n) is 6.25. The summed E-state index contributed by atoms with van der Waals surface area (Å²) in [6, 6.07) is 8.93. The van der Waals surface area contributed by atoms with Crippen LogP contribution in [0.15, 0.2) is 53.7 Å². The molecule has 5 nitrogen and oxygen atoms in total. The third-order valence-electron chi connectivity index (χ3n) is 3.21. The molecule has 0 aliphatic rings. The number of hydrogen-bond acceptors (Lipinski definition) is 3. The van der Waals surface area contributed by atoms with Gasteiger partial charge in [-0.25, -0.2) is 0 Å². The van der Waals surface area contributed by atoms with Gasteiger partial charge in [-0.05, 0) is 18.2 Å². The molecular weight excluding hydrogens is 254 g/mol. The topological polar surface area (TPSA) is 56.9 Å². The zero-order valence-corrected chi connectivity index (χ0v) is 11.0. The Labute approximate surface area is 115 Å². The summed E-state index contributed by atoms with van der Waals surface area (Å²) in [5.74, 6) is -0.0353. The number of benzene rings is 1. The standard InChI is InChI=1S/C15H13N3O2/c1-17-7-6-11(9-17)15(20)10-18-13-5-3-2-4-12(13)14(19)8-16-18/h2-9H,10H2,1H3. The van der Waals surface area contributed by atoms with Crippen LogP contribution in [0.4, 0.5) is 0 Å². The fraction of sp³-hybridized carbons (Fsp3) is 0.133. The molecule has 0 amide bonds. The van der Waals surface area contributed by atoms with Crippen molar-refractivity contribution in [2.45, 2.75) is 6.54 Å². The van der Waals surface area contributed by atoms with Crippen LogP contribution in [0.5, 0.6) is 0 Å². The minimum absolute atomic E-state index is 0.0353. The number of fused-ring (bicyclic) bond motifs is 1. The highest BCUT2D eigenvalue weighted by molar-refractivity contribution is 5.96. The molecule has 0 aliphatic heterocycles. The molecule has 0 unspecified atom stereocenters. The molecule has 0 aliphatic carbocycles. The summed E-state index contributed by atoms with van der Waals surface area (Å²) in [7, 11) is 1.86. The maximum atomic E-state index is 12.2. The summed E-state index contributed by atoms with van der Waals surface area (Å²) in [6.07, 6.45) is 4.85. The molecule has 0 spiro atoms. The third-order valence-corrected chi connectivity index (χ3v) is 3.21. The van der Waals surface area contributed by atoms with Crippen molar-refractivity contribution in [3.8, 4) is 0 Å². The molecule has 0 fully saturated rings. The Morgan fingerprint density at radius 2 is 2.05 bits per heavy atom. The van der Waals surface area contributed by atoms with E-state index in [4.69, 9.17) is 0 Å². The van der Waals surface area contributed by atoms with E-state index in [2.05, 4.69) is 5.10 Å². The maximum absolute atomic E-state index is 12.2. The number of hydrogen-bond donors (Lipinski definition) is 0. The number of Topliss-reactive ketones (excluding diaryl/α,β-unsaturated/α-hetero) is 1. The van der Waals surface area contributed by atoms with Crippen LogP contribution in [-0.2, 0) is 13.6 Å². The van der Waals surface area contributed by atoms with E-state index in [0.717, 1.165) is 0 Å². The van der Waals surface area contributed by atoms with Crippen LogP contribution in [0.3, 0.4) is 0 Å². The fourth-order valence-corrected chi connectivity index (χ4v) is 2.18. The van der Waals surface area contributed by atoms with Crippen molar-refractivity contribution in [1.29, 1.82) is 0 Å². The van der Waals surface area contributed by atoms with Crippen molar-refractivity contribution in [3.05, 3.63) is 64.7 Å². The van der Waals surface area contributed by atoms with Crippen LogP contribution in [0.1, 0.15) is 10.4 Å². The second-order valence-corrected chi connectivity index (χ2v) is 4.67. The Kier molecular flexibility index (Phi) is 2.95. The van der Waals surface area contributed by atoms with E-state index in [1.54, 1.807) is 35.1 Å². The number of rotatable bonds is 3. The first-order chi connectivity index (χ1) is 9.65. The monoisotopic (exact) mass is 267 g/mol. The van der Waals surface area contributed by atoms with Gasteiger partial charge in [-0.1, -0.05) is 12.1 Å². The maximum Gasteiger partial charge on any atom is 0.207 e. The van der Waals surface area contributed by atoms with Gasteiger partial charge in [0.2, 0.25) is 5.43 Å². The number of carbonyl (C=O) groups is 1. The molecule has 20 heavy (non-hydrogen) atoms. The zero-order chi connectivity index (χ0) is 14.1. The molecule has 100 valence electrons. The lowest BCUT2D eigenvalue weighted by Gasteiger charge is -2.07. The molecule has 2 heterocycles. The largest absolute Gasteiger partial charge is 0.357 e. The summed E-state index contributed by atoms with van der Waals surface area (Å²) in [5.41, 5.74) is 1.17. The summed E-state index contributed by atoms with van der Waals surface area (Å²) in [6.45, 7) is 0.116. The smallest absolute Gasteiger partial charge is 0.207 e. The number of ketones is 1. The number of carbonyl (C=O) groups excluding carboxylic acids is 1. The Morgan fingerprint density at radius 3 is 2.80 bits per heavy atom. The molecule has 0 radical (unpaired) electrons. The molecule has 3 aromatic rings. The summed E-state index contributed by atoms with van der Waals surface area (Å²) < 4.78 is 3.39. The van der Waals surface area contributed by atoms with Gasteiger partial charge < -0.3 is 4.57 Å². The normalized spacial score (nSPS) is 10.8. The molecule has 0 bridgehead atoms. The van der Waals surface area contributed by atoms with Gasteiger partial charge in [0.25, 0.3) is 0 Å². The number of aromatic nitrogens is 3. The SMILES string of the molecule is Cn1ccc(C(=O)Cn2ncc(=O)c3ccccc32)c1. The lowest BCUT2D eigenvalue weighted by Crippen LogP contribution is -2.17. The first kappa shape index (κ1) is 12.3. The lowest BCUT2D eigenvalue weighted by atomic mass is 10.2. The molecule has 3 rings (SSSR count). The molecule has 2 aromatic heterocycles. The van der Waals surface area contributed by atoms with Crippen LogP contribution >= 0.6 is 0 Å². The minimum atomic E-state index is -0.135. The van der Waals surface area contributed by atoms with Crippen LogP contribution in [0.25, 0.3) is 10.9 Å². The van der Waals surface area contributed by atoms with Gasteiger partial charge in [-0.15, -0.1) is 0 Å². The molecular formula is C15H13N3O2. The number of aryl methyl sites for hydroxylation is 1. The van der Waals surface area contributed by atoms with E-state index < -0.39 is 0 Å². The Hall–Kier alpha value is -2.69. The number of nitrogens with zero attached hydrogens (tertiary/aromatic N) is 3. The van der Waals surface area contributed by atoms with Gasteiger partial charge in [0.1, 0.15) is 6.54 Å². The Bertz CT molecular complexity index is 845. The Morgan fingerprint density at radius 1 is 1.25 bits per heavy atom. The quantitative estimate of drug-likeness (QED) is 0.677. The molecule has 0 atom stereocenters. The minimum Gasteiger partial charge on any atom is -0.357 e. The van der Waals surface area contributed by atoms with Gasteiger partial charge >= 0.3 is 0 Å². The van der Waals surface area contributed by atoms with Crippen molar-refractivity contribution < 1.29 is 4.79 Å². The van der Waals surface area contributed by atoms with Gasteiger partial charge in [-0.3, -0.25) is 14.3 Å². The molecule has 0 saturated heterocycles. The van der Waals surface area contributed by atoms with Crippen molar-refractivity contribution >= 4 is 16.7 Å². The average Bonchev–Trinajstić information content (AvgIpc) is 2.89. The van der Waals surface area contributed by atoms with Gasteiger partial charge in [0.15, 0.2) is 5.78 Å². The van der Waals surface area contributed by atoms with Crippen molar-refractivity contribution in [2.24, 2.45) is 7.05 Å². The van der Waals surface area contributed by atoms with Crippen LogP contribution < -0.4 is 5.43 Å². The zero-order valence-electron chi connectivity index (χ0n) is 11.0. The number of para-hydroxylation sites is 1. The van der Waals surface area contributed by atoms with E-state index in [-0.39, 0.29) is 17.8 Å². The van der Waals surface area contributed by atoms with Crippen molar-refractivity contribution in [1.82, 2.24) is 14.3 Å². The molecule has 5 heteroatoms. The van der Waals surface area contributed by atoms with Gasteiger partial charge in [0.05, 0.1) is 11.7 Å².